The van der Waals surface area contributed by atoms with Gasteiger partial charge in [0.05, 0.1) is 0 Å². The third kappa shape index (κ3) is 13.9. The second kappa shape index (κ2) is 20.7. The molecule has 0 bridgehead atoms. The van der Waals surface area contributed by atoms with Crippen LogP contribution in [0.15, 0.2) is 0 Å². The van der Waals surface area contributed by atoms with Gasteiger partial charge in [0.1, 0.15) is 0 Å². The van der Waals surface area contributed by atoms with Crippen molar-refractivity contribution in [2.24, 2.45) is 11.7 Å². The topological polar surface area (TPSA) is 53.7 Å². The summed E-state index contributed by atoms with van der Waals surface area (Å²) < 4.78 is 17.5. The molecule has 196 valence electrons. The van der Waals surface area contributed by atoms with Crippen molar-refractivity contribution in [1.29, 1.82) is 0 Å². The van der Waals surface area contributed by atoms with E-state index in [1.54, 1.807) is 21.3 Å². The fraction of sp³-hybridized carbons (Fsp3) is 1.00. The Labute approximate surface area is 208 Å². The van der Waals surface area contributed by atoms with Gasteiger partial charge in [0.25, 0.3) is 0 Å². The van der Waals surface area contributed by atoms with E-state index in [0.29, 0.717) is 5.92 Å². The molecule has 6 heteroatoms. The first-order valence-electron chi connectivity index (χ1n) is 13.3. The Balaban J connectivity index is 0. The van der Waals surface area contributed by atoms with Gasteiger partial charge in [-0.1, -0.05) is 104 Å². The third-order valence-electron chi connectivity index (χ3n) is 7.06. The van der Waals surface area contributed by atoms with Crippen molar-refractivity contribution < 1.29 is 13.3 Å². The van der Waals surface area contributed by atoms with Crippen molar-refractivity contribution in [2.45, 2.75) is 142 Å². The highest BCUT2D eigenvalue weighted by Gasteiger charge is 2.52. The summed E-state index contributed by atoms with van der Waals surface area (Å²) in [4.78, 5) is 0. The van der Waals surface area contributed by atoms with Crippen molar-refractivity contribution in [1.82, 2.24) is 0 Å². The van der Waals surface area contributed by atoms with Crippen LogP contribution in [0.4, 0.5) is 0 Å². The molecule has 0 saturated heterocycles. The smallest absolute Gasteiger partial charge is 0.377 e. The Kier molecular flexibility index (Phi) is 22.3. The molecule has 0 aliphatic carbocycles. The maximum Gasteiger partial charge on any atom is 0.503 e. The molecule has 0 heterocycles. The number of hydrogen-bond acceptors (Lipinski definition) is 4. The van der Waals surface area contributed by atoms with Gasteiger partial charge in [-0.2, -0.15) is 0 Å². The van der Waals surface area contributed by atoms with Crippen LogP contribution >= 0.6 is 12.4 Å². The van der Waals surface area contributed by atoms with E-state index in [9.17, 15) is 0 Å². The number of nitrogens with two attached hydrogens (primary N) is 1. The van der Waals surface area contributed by atoms with E-state index >= 15 is 0 Å². The highest BCUT2D eigenvalue weighted by molar-refractivity contribution is 6.62. The highest BCUT2D eigenvalue weighted by atomic mass is 35.5. The quantitative estimate of drug-likeness (QED) is 0.121. The van der Waals surface area contributed by atoms with E-state index in [0.717, 1.165) is 12.8 Å². The predicted molar refractivity (Wildman–Crippen MR) is 145 cm³/mol. The molecule has 4 nitrogen and oxygen atoms in total. The van der Waals surface area contributed by atoms with E-state index < -0.39 is 8.80 Å². The zero-order chi connectivity index (χ0) is 23.6. The van der Waals surface area contributed by atoms with Gasteiger partial charge in [0.2, 0.25) is 0 Å². The van der Waals surface area contributed by atoms with Crippen LogP contribution in [-0.2, 0) is 13.3 Å². The lowest BCUT2D eigenvalue weighted by atomic mass is 9.80. The van der Waals surface area contributed by atoms with Gasteiger partial charge in [-0.05, 0) is 32.6 Å². The number of rotatable bonds is 22. The van der Waals surface area contributed by atoms with Crippen molar-refractivity contribution in [3.63, 3.8) is 0 Å². The molecule has 2 N–H and O–H groups in total. The summed E-state index contributed by atoms with van der Waals surface area (Å²) in [5, 5.41) is 0. The SMILES string of the molecule is CCCCCCCCCCCCCCCCC(C(CC)[Si](OC)(OC)OC)C(C)(C)N.Cl. The molecule has 0 aromatic carbocycles. The Morgan fingerprint density at radius 3 is 1.28 bits per heavy atom. The van der Waals surface area contributed by atoms with Gasteiger partial charge in [0, 0.05) is 32.4 Å². The average molecular weight is 496 g/mol. The van der Waals surface area contributed by atoms with Crippen LogP contribution in [0.2, 0.25) is 5.54 Å². The van der Waals surface area contributed by atoms with Crippen LogP contribution in [0.1, 0.15) is 130 Å². The standard InChI is InChI=1S/C26H57NO3Si.ClH/c1-8-10-11-12-13-14-15-16-17-18-19-20-21-22-23-24(26(3,4)27)25(9-2)31(28-5,29-6)30-7;/h24-25H,8-23,27H2,1-7H3;1H. The summed E-state index contributed by atoms with van der Waals surface area (Å²) in [6.07, 6.45) is 21.5. The lowest BCUT2D eigenvalue weighted by Gasteiger charge is -2.42. The molecule has 0 fully saturated rings. The van der Waals surface area contributed by atoms with E-state index in [2.05, 4.69) is 27.7 Å². The fourth-order valence-electron chi connectivity index (χ4n) is 5.14. The third-order valence-corrected chi connectivity index (χ3v) is 10.5. The summed E-state index contributed by atoms with van der Waals surface area (Å²) >= 11 is 0. The first-order chi connectivity index (χ1) is 14.8. The van der Waals surface area contributed by atoms with Crippen molar-refractivity contribution in [2.75, 3.05) is 21.3 Å². The largest absolute Gasteiger partial charge is 0.503 e. The van der Waals surface area contributed by atoms with Gasteiger partial charge in [-0.3, -0.25) is 0 Å². The molecule has 2 unspecified atom stereocenters. The second-order valence-corrected chi connectivity index (χ2v) is 13.2. The van der Waals surface area contributed by atoms with E-state index in [4.69, 9.17) is 19.0 Å². The van der Waals surface area contributed by atoms with Crippen LogP contribution in [0.3, 0.4) is 0 Å². The maximum absolute atomic E-state index is 6.63. The van der Waals surface area contributed by atoms with Crippen molar-refractivity contribution in [3.8, 4) is 0 Å². The molecule has 0 aliphatic heterocycles. The fourth-order valence-corrected chi connectivity index (χ4v) is 8.13. The minimum atomic E-state index is -2.71. The van der Waals surface area contributed by atoms with Crippen LogP contribution < -0.4 is 5.73 Å². The van der Waals surface area contributed by atoms with Crippen LogP contribution in [0.25, 0.3) is 0 Å². The van der Waals surface area contributed by atoms with E-state index in [1.807, 2.05) is 0 Å². The summed E-state index contributed by atoms with van der Waals surface area (Å²) in [6, 6.07) is 0. The summed E-state index contributed by atoms with van der Waals surface area (Å²) in [7, 11) is 2.44. The number of unbranched alkanes of at least 4 members (excludes halogenated alkanes) is 13. The Bertz CT molecular complexity index is 395. The molecule has 0 aliphatic rings. The molecule has 32 heavy (non-hydrogen) atoms. The Morgan fingerprint density at radius 1 is 0.656 bits per heavy atom. The Morgan fingerprint density at radius 2 is 1.00 bits per heavy atom. The molecular formula is C26H58ClNO3Si. The van der Waals surface area contributed by atoms with Gasteiger partial charge in [0.15, 0.2) is 0 Å². The molecule has 0 amide bonds. The van der Waals surface area contributed by atoms with Gasteiger partial charge in [-0.15, -0.1) is 12.4 Å². The molecule has 2 atom stereocenters. The Hall–Kier alpha value is 0.347. The lowest BCUT2D eigenvalue weighted by molar-refractivity contribution is 0.0884. The van der Waals surface area contributed by atoms with E-state index in [1.165, 1.54) is 89.9 Å². The van der Waals surface area contributed by atoms with Gasteiger partial charge >= 0.3 is 8.80 Å². The minimum absolute atomic E-state index is 0. The van der Waals surface area contributed by atoms with Crippen LogP contribution in [-0.4, -0.2) is 35.7 Å². The van der Waals surface area contributed by atoms with Crippen LogP contribution in [0.5, 0.6) is 0 Å². The van der Waals surface area contributed by atoms with Gasteiger partial charge in [-0.25, -0.2) is 0 Å². The molecule has 0 rings (SSSR count). The average Bonchev–Trinajstić information content (AvgIpc) is 2.75. The molecule has 0 radical (unpaired) electrons. The molecule has 0 saturated carbocycles. The molecule has 0 aromatic heterocycles. The van der Waals surface area contributed by atoms with E-state index in [-0.39, 0.29) is 23.5 Å². The summed E-state index contributed by atoms with van der Waals surface area (Å²) in [5.41, 5.74) is 6.59. The molecule has 0 spiro atoms. The van der Waals surface area contributed by atoms with Crippen molar-refractivity contribution in [3.05, 3.63) is 0 Å². The number of halogens is 1. The van der Waals surface area contributed by atoms with Crippen molar-refractivity contribution >= 4 is 21.2 Å². The predicted octanol–water partition coefficient (Wildman–Crippen LogP) is 8.29. The summed E-state index contributed by atoms with van der Waals surface area (Å²) in [5.74, 6) is 0.335. The monoisotopic (exact) mass is 495 g/mol. The summed E-state index contributed by atoms with van der Waals surface area (Å²) in [6.45, 7) is 8.78. The molecule has 0 aromatic rings. The highest BCUT2D eigenvalue weighted by Crippen LogP contribution is 2.42. The number of hydrogen-bond donors (Lipinski definition) is 1. The zero-order valence-corrected chi connectivity index (χ0v) is 24.5. The maximum atomic E-state index is 6.63. The normalized spacial score (nSPS) is 14.2. The first-order valence-corrected chi connectivity index (χ1v) is 15.1. The first kappa shape index (κ1) is 34.5. The van der Waals surface area contributed by atoms with Gasteiger partial charge < -0.3 is 19.0 Å². The zero-order valence-electron chi connectivity index (χ0n) is 22.7. The second-order valence-electron chi connectivity index (χ2n) is 10.0. The molecular weight excluding hydrogens is 438 g/mol. The minimum Gasteiger partial charge on any atom is -0.377 e. The lowest BCUT2D eigenvalue weighted by Crippen LogP contribution is -2.55. The van der Waals surface area contributed by atoms with Crippen LogP contribution in [0, 0.1) is 5.92 Å².